The van der Waals surface area contributed by atoms with Crippen LogP contribution in [0.4, 0.5) is 0 Å². The maximum atomic E-state index is 11.9. The van der Waals surface area contributed by atoms with Gasteiger partial charge in [-0.3, -0.25) is 9.78 Å². The fourth-order valence-electron chi connectivity index (χ4n) is 1.56. The summed E-state index contributed by atoms with van der Waals surface area (Å²) in [6.07, 6.45) is 11.9. The van der Waals surface area contributed by atoms with Crippen LogP contribution in [0, 0.1) is 5.92 Å². The molecule has 106 valence electrons. The average Bonchev–Trinajstić information content (AvgIpc) is 2.46. The first-order valence-corrected chi connectivity index (χ1v) is 6.80. The summed E-state index contributed by atoms with van der Waals surface area (Å²) in [4.78, 5) is 15.9. The van der Waals surface area contributed by atoms with E-state index in [1.807, 2.05) is 12.2 Å². The van der Waals surface area contributed by atoms with E-state index in [4.69, 9.17) is 0 Å². The maximum Gasteiger partial charge on any atom is 0.253 e. The first-order valence-electron chi connectivity index (χ1n) is 6.80. The van der Waals surface area contributed by atoms with Crippen LogP contribution in [0.5, 0.6) is 0 Å². The molecule has 0 unspecified atom stereocenters. The molecule has 0 bridgehead atoms. The highest BCUT2D eigenvalue weighted by Crippen LogP contribution is 2.06. The highest BCUT2D eigenvalue weighted by molar-refractivity contribution is 5.93. The van der Waals surface area contributed by atoms with E-state index in [9.17, 15) is 4.79 Å². The lowest BCUT2D eigenvalue weighted by Crippen LogP contribution is -2.25. The number of hydrogen-bond acceptors (Lipinski definition) is 2. The molecule has 20 heavy (non-hydrogen) atoms. The van der Waals surface area contributed by atoms with E-state index in [0.717, 1.165) is 12.0 Å². The van der Waals surface area contributed by atoms with Crippen LogP contribution in [0.25, 0.3) is 0 Å². The molecule has 0 fully saturated rings. The zero-order valence-electron chi connectivity index (χ0n) is 12.2. The van der Waals surface area contributed by atoms with Gasteiger partial charge >= 0.3 is 0 Å². The van der Waals surface area contributed by atoms with Crippen LogP contribution in [0.2, 0.25) is 0 Å². The van der Waals surface area contributed by atoms with Gasteiger partial charge in [-0.15, -0.1) is 0 Å². The van der Waals surface area contributed by atoms with Crippen LogP contribution in [0.1, 0.15) is 30.6 Å². The number of carbonyl (C=O) groups excluding carboxylic acids is 1. The third-order valence-electron chi connectivity index (χ3n) is 2.67. The second-order valence-corrected chi connectivity index (χ2v) is 4.93. The molecule has 1 aromatic heterocycles. The van der Waals surface area contributed by atoms with Gasteiger partial charge in [0, 0.05) is 18.9 Å². The van der Waals surface area contributed by atoms with Crippen LogP contribution in [-0.2, 0) is 0 Å². The Morgan fingerprint density at radius 2 is 2.30 bits per heavy atom. The highest BCUT2D eigenvalue weighted by Gasteiger charge is 2.04. The molecule has 3 nitrogen and oxygen atoms in total. The Kier molecular flexibility index (Phi) is 7.04. The third kappa shape index (κ3) is 6.14. The van der Waals surface area contributed by atoms with Crippen LogP contribution in [-0.4, -0.2) is 17.4 Å². The van der Waals surface area contributed by atoms with Crippen molar-refractivity contribution in [2.24, 2.45) is 5.92 Å². The van der Waals surface area contributed by atoms with Crippen molar-refractivity contribution >= 4 is 5.91 Å². The standard InChI is InChI=1S/C17H22N2O/c1-4-5-7-15(10-9-14(2)3)12-19-17(20)16-8-6-11-18-13-16/h4-8,10-11,13-14H,1,9,12H2,2-3H3,(H,19,20)/b7-5-,15-10+. The Morgan fingerprint density at radius 3 is 2.90 bits per heavy atom. The Bertz CT molecular complexity index is 487. The van der Waals surface area contributed by atoms with E-state index in [0.29, 0.717) is 18.0 Å². The van der Waals surface area contributed by atoms with Crippen molar-refractivity contribution in [3.63, 3.8) is 0 Å². The second-order valence-electron chi connectivity index (χ2n) is 4.93. The first-order chi connectivity index (χ1) is 9.63. The van der Waals surface area contributed by atoms with E-state index >= 15 is 0 Å². The molecule has 1 rings (SSSR count). The Hall–Kier alpha value is -2.16. The molecular weight excluding hydrogens is 248 g/mol. The number of pyridine rings is 1. The minimum absolute atomic E-state index is 0.111. The zero-order valence-corrected chi connectivity index (χ0v) is 12.2. The quantitative estimate of drug-likeness (QED) is 0.770. The summed E-state index contributed by atoms with van der Waals surface area (Å²) in [5, 5.41) is 2.90. The van der Waals surface area contributed by atoms with Gasteiger partial charge in [0.1, 0.15) is 0 Å². The number of aromatic nitrogens is 1. The van der Waals surface area contributed by atoms with Gasteiger partial charge in [-0.25, -0.2) is 0 Å². The van der Waals surface area contributed by atoms with Crippen LogP contribution >= 0.6 is 0 Å². The number of hydrogen-bond donors (Lipinski definition) is 1. The molecule has 0 aromatic carbocycles. The van der Waals surface area contributed by atoms with Gasteiger partial charge < -0.3 is 5.32 Å². The molecule has 0 spiro atoms. The minimum atomic E-state index is -0.111. The van der Waals surface area contributed by atoms with Crippen molar-refractivity contribution in [1.82, 2.24) is 10.3 Å². The Labute approximate surface area is 121 Å². The number of nitrogens with one attached hydrogen (secondary N) is 1. The number of allylic oxidation sites excluding steroid dienone is 3. The molecule has 0 atom stereocenters. The summed E-state index contributed by atoms with van der Waals surface area (Å²) in [5.41, 5.74) is 1.65. The number of rotatable bonds is 7. The molecule has 0 saturated carbocycles. The van der Waals surface area contributed by atoms with Gasteiger partial charge in [0.2, 0.25) is 0 Å². The molecule has 0 aliphatic carbocycles. The van der Waals surface area contributed by atoms with Crippen molar-refractivity contribution in [2.45, 2.75) is 20.3 Å². The maximum absolute atomic E-state index is 11.9. The molecular formula is C17H22N2O. The summed E-state index contributed by atoms with van der Waals surface area (Å²) in [6, 6.07) is 3.50. The van der Waals surface area contributed by atoms with E-state index < -0.39 is 0 Å². The zero-order chi connectivity index (χ0) is 14.8. The van der Waals surface area contributed by atoms with Crippen molar-refractivity contribution in [3.8, 4) is 0 Å². The average molecular weight is 270 g/mol. The van der Waals surface area contributed by atoms with Crippen LogP contribution in [0.15, 0.2) is 61.0 Å². The molecule has 1 heterocycles. The fraction of sp³-hybridized carbons (Fsp3) is 0.294. The first kappa shape index (κ1) is 15.9. The van der Waals surface area contributed by atoms with Gasteiger partial charge in [0.25, 0.3) is 5.91 Å². The molecule has 3 heteroatoms. The van der Waals surface area contributed by atoms with Gasteiger partial charge in [0.15, 0.2) is 0 Å². The normalized spacial score (nSPS) is 11.8. The van der Waals surface area contributed by atoms with Gasteiger partial charge in [-0.1, -0.05) is 44.7 Å². The summed E-state index contributed by atoms with van der Waals surface area (Å²) in [7, 11) is 0. The van der Waals surface area contributed by atoms with Crippen molar-refractivity contribution in [1.29, 1.82) is 0 Å². The van der Waals surface area contributed by atoms with Crippen molar-refractivity contribution < 1.29 is 4.79 Å². The lowest BCUT2D eigenvalue weighted by atomic mass is 10.1. The topological polar surface area (TPSA) is 42.0 Å². The van der Waals surface area contributed by atoms with Gasteiger partial charge in [-0.2, -0.15) is 0 Å². The predicted octanol–water partition coefficient (Wildman–Crippen LogP) is 3.53. The number of carbonyl (C=O) groups is 1. The van der Waals surface area contributed by atoms with E-state index in [2.05, 4.69) is 36.8 Å². The predicted molar refractivity (Wildman–Crippen MR) is 83.4 cm³/mol. The van der Waals surface area contributed by atoms with E-state index in [-0.39, 0.29) is 5.91 Å². The minimum Gasteiger partial charge on any atom is -0.348 e. The van der Waals surface area contributed by atoms with E-state index in [1.165, 1.54) is 0 Å². The largest absolute Gasteiger partial charge is 0.348 e. The van der Waals surface area contributed by atoms with Crippen LogP contribution < -0.4 is 5.32 Å². The lowest BCUT2D eigenvalue weighted by Gasteiger charge is -2.07. The molecule has 1 aromatic rings. The Morgan fingerprint density at radius 1 is 1.50 bits per heavy atom. The fourth-order valence-corrected chi connectivity index (χ4v) is 1.56. The molecule has 0 aliphatic heterocycles. The Balaban J connectivity index is 2.62. The summed E-state index contributed by atoms with van der Waals surface area (Å²) >= 11 is 0. The molecule has 0 aliphatic rings. The second kappa shape index (κ2) is 8.86. The highest BCUT2D eigenvalue weighted by atomic mass is 16.1. The molecule has 0 saturated heterocycles. The monoisotopic (exact) mass is 270 g/mol. The van der Waals surface area contributed by atoms with Crippen molar-refractivity contribution in [2.75, 3.05) is 6.54 Å². The van der Waals surface area contributed by atoms with Crippen molar-refractivity contribution in [3.05, 3.63) is 66.5 Å². The summed E-state index contributed by atoms with van der Waals surface area (Å²) < 4.78 is 0. The molecule has 1 N–H and O–H groups in total. The molecule has 1 amide bonds. The summed E-state index contributed by atoms with van der Waals surface area (Å²) in [5.74, 6) is 0.483. The van der Waals surface area contributed by atoms with E-state index in [1.54, 1.807) is 30.6 Å². The smallest absolute Gasteiger partial charge is 0.253 e. The number of amides is 1. The number of nitrogens with zero attached hydrogens (tertiary/aromatic N) is 1. The summed E-state index contributed by atoms with van der Waals surface area (Å²) in [6.45, 7) is 8.50. The van der Waals surface area contributed by atoms with Crippen LogP contribution in [0.3, 0.4) is 0 Å². The van der Waals surface area contributed by atoms with Gasteiger partial charge in [0.05, 0.1) is 5.56 Å². The molecule has 0 radical (unpaired) electrons. The third-order valence-corrected chi connectivity index (χ3v) is 2.67. The SMILES string of the molecule is C=C/C=C\C(=C/CC(C)C)CNC(=O)c1cccnc1. The lowest BCUT2D eigenvalue weighted by molar-refractivity contribution is 0.0957. The van der Waals surface area contributed by atoms with Gasteiger partial charge in [-0.05, 0) is 30.0 Å².